The summed E-state index contributed by atoms with van der Waals surface area (Å²) >= 11 is 0. The van der Waals surface area contributed by atoms with Crippen LogP contribution < -0.4 is 4.74 Å². The van der Waals surface area contributed by atoms with Gasteiger partial charge in [-0.3, -0.25) is 0 Å². The van der Waals surface area contributed by atoms with Crippen molar-refractivity contribution < 1.29 is 20.1 Å². The predicted molar refractivity (Wildman–Crippen MR) is 107 cm³/mol. The van der Waals surface area contributed by atoms with Gasteiger partial charge >= 0.3 is 0 Å². The second kappa shape index (κ2) is 6.07. The van der Waals surface area contributed by atoms with Crippen molar-refractivity contribution in [3.8, 4) is 23.0 Å². The summed E-state index contributed by atoms with van der Waals surface area (Å²) in [5, 5.41) is 31.0. The van der Waals surface area contributed by atoms with Gasteiger partial charge in [0.05, 0.1) is 0 Å². The molecule has 3 unspecified atom stereocenters. The first-order valence-corrected chi connectivity index (χ1v) is 10.4. The zero-order valence-electron chi connectivity index (χ0n) is 16.5. The molecule has 1 aliphatic heterocycles. The lowest BCUT2D eigenvalue weighted by Gasteiger charge is -2.46. The number of hydrogen-bond acceptors (Lipinski definition) is 4. The maximum absolute atomic E-state index is 10.7. The van der Waals surface area contributed by atoms with E-state index in [4.69, 9.17) is 4.74 Å². The Morgan fingerprint density at radius 3 is 2.32 bits per heavy atom. The van der Waals surface area contributed by atoms with E-state index < -0.39 is 0 Å². The van der Waals surface area contributed by atoms with Crippen LogP contribution in [-0.4, -0.2) is 21.4 Å². The van der Waals surface area contributed by atoms with Crippen molar-refractivity contribution in [3.63, 3.8) is 0 Å². The van der Waals surface area contributed by atoms with Gasteiger partial charge in [0, 0.05) is 39.5 Å². The molecule has 28 heavy (non-hydrogen) atoms. The molecule has 5 rings (SSSR count). The number of rotatable bonds is 1. The van der Waals surface area contributed by atoms with Gasteiger partial charge in [-0.1, -0.05) is 25.0 Å². The highest BCUT2D eigenvalue weighted by Crippen LogP contribution is 2.62. The van der Waals surface area contributed by atoms with Crippen LogP contribution in [0.1, 0.15) is 66.7 Å². The molecule has 2 aromatic carbocycles. The van der Waals surface area contributed by atoms with Crippen LogP contribution in [0.4, 0.5) is 0 Å². The van der Waals surface area contributed by atoms with E-state index in [1.54, 1.807) is 13.0 Å². The zero-order valence-corrected chi connectivity index (χ0v) is 16.5. The second-order valence-electron chi connectivity index (χ2n) is 8.97. The number of phenolic OH excluding ortho intramolecular Hbond substituents is 3. The first-order valence-electron chi connectivity index (χ1n) is 10.4. The largest absolute Gasteiger partial charge is 0.508 e. The fourth-order valence-electron chi connectivity index (χ4n) is 6.27. The van der Waals surface area contributed by atoms with Gasteiger partial charge in [-0.05, 0) is 51.7 Å². The Morgan fingerprint density at radius 1 is 0.893 bits per heavy atom. The lowest BCUT2D eigenvalue weighted by Crippen LogP contribution is -2.45. The maximum Gasteiger partial charge on any atom is 0.130 e. The van der Waals surface area contributed by atoms with Crippen LogP contribution in [0.5, 0.6) is 23.0 Å². The van der Waals surface area contributed by atoms with Crippen molar-refractivity contribution in [2.45, 2.75) is 69.8 Å². The van der Waals surface area contributed by atoms with Gasteiger partial charge in [-0.2, -0.15) is 0 Å². The molecule has 148 valence electrons. The first kappa shape index (κ1) is 17.7. The summed E-state index contributed by atoms with van der Waals surface area (Å²) < 4.78 is 6.61. The smallest absolute Gasteiger partial charge is 0.130 e. The highest BCUT2D eigenvalue weighted by atomic mass is 16.5. The Bertz CT molecular complexity index is 942. The van der Waals surface area contributed by atoms with Crippen molar-refractivity contribution in [1.29, 1.82) is 0 Å². The normalized spacial score (nSPS) is 27.4. The molecular weight excluding hydrogens is 352 g/mol. The third-order valence-corrected chi connectivity index (χ3v) is 7.79. The minimum Gasteiger partial charge on any atom is -0.508 e. The van der Waals surface area contributed by atoms with E-state index in [0.717, 1.165) is 29.7 Å². The van der Waals surface area contributed by atoms with Gasteiger partial charge in [0.25, 0.3) is 0 Å². The zero-order chi connectivity index (χ0) is 19.6. The highest BCUT2D eigenvalue weighted by molar-refractivity contribution is 5.55. The molecule has 0 bridgehead atoms. The molecule has 3 N–H and O–H groups in total. The number of hydrogen-bond donors (Lipinski definition) is 3. The average Bonchev–Trinajstić information content (AvgIpc) is 3.32. The van der Waals surface area contributed by atoms with Crippen molar-refractivity contribution in [3.05, 3.63) is 46.5 Å². The SMILES string of the molecule is Cc1c(O)ccc(C2CCC3C2Oc2c(ccc(O)c2C)C32CCCC2)c1O. The minimum absolute atomic E-state index is 0.0130. The summed E-state index contributed by atoms with van der Waals surface area (Å²) in [4.78, 5) is 0. The Balaban J connectivity index is 1.64. The summed E-state index contributed by atoms with van der Waals surface area (Å²) in [5.41, 5.74) is 3.61. The van der Waals surface area contributed by atoms with E-state index in [1.165, 1.54) is 31.2 Å². The summed E-state index contributed by atoms with van der Waals surface area (Å²) in [6.07, 6.45) is 6.83. The third kappa shape index (κ3) is 2.23. The lowest BCUT2D eigenvalue weighted by molar-refractivity contribution is 0.0603. The fraction of sp³-hybridized carbons (Fsp3) is 0.500. The van der Waals surface area contributed by atoms with E-state index in [1.807, 2.05) is 19.1 Å². The Hall–Kier alpha value is -2.36. The van der Waals surface area contributed by atoms with Crippen molar-refractivity contribution in [2.75, 3.05) is 0 Å². The standard InChI is InChI=1S/C24H28O4/c1-13-19(25)9-6-15(21(13)27)16-5-7-18-23(16)28-22-14(2)20(26)10-8-17(22)24(18)11-3-4-12-24/h6,8-10,16,18,23,25-27H,3-5,7,11-12H2,1-2H3. The van der Waals surface area contributed by atoms with Crippen molar-refractivity contribution >= 4 is 0 Å². The van der Waals surface area contributed by atoms with Gasteiger partial charge in [0.1, 0.15) is 29.1 Å². The Morgan fingerprint density at radius 2 is 1.57 bits per heavy atom. The first-order chi connectivity index (χ1) is 13.4. The highest BCUT2D eigenvalue weighted by Gasteiger charge is 2.56. The Kier molecular flexibility index (Phi) is 3.84. The molecule has 2 aliphatic carbocycles. The molecule has 0 saturated heterocycles. The molecular formula is C24H28O4. The van der Waals surface area contributed by atoms with E-state index in [9.17, 15) is 15.3 Å². The van der Waals surface area contributed by atoms with Crippen LogP contribution in [0.2, 0.25) is 0 Å². The molecule has 0 aromatic heterocycles. The molecule has 4 heteroatoms. The quantitative estimate of drug-likeness (QED) is 0.637. The summed E-state index contributed by atoms with van der Waals surface area (Å²) in [6, 6.07) is 7.42. The van der Waals surface area contributed by atoms with Gasteiger partial charge in [0.2, 0.25) is 0 Å². The molecule has 1 heterocycles. The van der Waals surface area contributed by atoms with Gasteiger partial charge in [-0.25, -0.2) is 0 Å². The summed E-state index contributed by atoms with van der Waals surface area (Å²) in [5.74, 6) is 1.96. The summed E-state index contributed by atoms with van der Waals surface area (Å²) in [6.45, 7) is 3.68. The van der Waals surface area contributed by atoms with Gasteiger partial charge in [-0.15, -0.1) is 0 Å². The molecule has 4 nitrogen and oxygen atoms in total. The predicted octanol–water partition coefficient (Wildman–Crippen LogP) is 5.19. The lowest BCUT2D eigenvalue weighted by atomic mass is 9.64. The van der Waals surface area contributed by atoms with E-state index >= 15 is 0 Å². The number of benzene rings is 2. The molecule has 0 amide bonds. The maximum atomic E-state index is 10.7. The van der Waals surface area contributed by atoms with E-state index in [0.29, 0.717) is 11.5 Å². The molecule has 2 saturated carbocycles. The average molecular weight is 380 g/mol. The number of phenols is 3. The molecule has 0 radical (unpaired) electrons. The van der Waals surface area contributed by atoms with Crippen molar-refractivity contribution in [2.24, 2.45) is 5.92 Å². The second-order valence-corrected chi connectivity index (χ2v) is 8.97. The van der Waals surface area contributed by atoms with Crippen LogP contribution in [0.3, 0.4) is 0 Å². The van der Waals surface area contributed by atoms with Crippen LogP contribution in [0.15, 0.2) is 24.3 Å². The molecule has 3 atom stereocenters. The minimum atomic E-state index is -0.0130. The van der Waals surface area contributed by atoms with Crippen LogP contribution in [0, 0.1) is 19.8 Å². The molecule has 2 fully saturated rings. The topological polar surface area (TPSA) is 69.9 Å². The molecule has 3 aliphatic rings. The van der Waals surface area contributed by atoms with Crippen molar-refractivity contribution in [1.82, 2.24) is 0 Å². The number of ether oxygens (including phenoxy) is 1. The summed E-state index contributed by atoms with van der Waals surface area (Å²) in [7, 11) is 0. The van der Waals surface area contributed by atoms with E-state index in [-0.39, 0.29) is 34.7 Å². The Labute approximate surface area is 165 Å². The fourth-order valence-corrected chi connectivity index (χ4v) is 6.27. The van der Waals surface area contributed by atoms with Crippen LogP contribution in [0.25, 0.3) is 0 Å². The third-order valence-electron chi connectivity index (χ3n) is 7.79. The van der Waals surface area contributed by atoms with Crippen LogP contribution in [-0.2, 0) is 5.41 Å². The number of aromatic hydroxyl groups is 3. The number of fused-ring (bicyclic) bond motifs is 4. The van der Waals surface area contributed by atoms with Gasteiger partial charge < -0.3 is 20.1 Å². The van der Waals surface area contributed by atoms with Gasteiger partial charge in [0.15, 0.2) is 0 Å². The molecule has 2 aromatic rings. The van der Waals surface area contributed by atoms with E-state index in [2.05, 4.69) is 6.07 Å². The van der Waals surface area contributed by atoms with Crippen LogP contribution >= 0.6 is 0 Å². The monoisotopic (exact) mass is 380 g/mol. The molecule has 1 spiro atoms.